The second-order valence-corrected chi connectivity index (χ2v) is 5.27. The second kappa shape index (κ2) is 10.2. The molecule has 0 spiro atoms. The van der Waals surface area contributed by atoms with Crippen LogP contribution in [0.3, 0.4) is 0 Å². The summed E-state index contributed by atoms with van der Waals surface area (Å²) in [6, 6.07) is 5.21. The van der Waals surface area contributed by atoms with E-state index in [1.807, 2.05) is 6.07 Å². The molecule has 0 atom stereocenters. The van der Waals surface area contributed by atoms with Gasteiger partial charge in [-0.3, -0.25) is 4.99 Å². The van der Waals surface area contributed by atoms with Crippen LogP contribution in [-0.2, 0) is 13.0 Å². The highest BCUT2D eigenvalue weighted by molar-refractivity contribution is 14.0. The molecule has 0 saturated heterocycles. The summed E-state index contributed by atoms with van der Waals surface area (Å²) >= 11 is 0. The lowest BCUT2D eigenvalue weighted by Gasteiger charge is -2.12. The molecule has 1 aromatic heterocycles. The maximum atomic E-state index is 13.5. The highest BCUT2D eigenvalue weighted by Gasteiger charge is 2.04. The molecule has 132 valence electrons. The minimum Gasteiger partial charge on any atom is -0.356 e. The Bertz CT molecular complexity index is 674. The number of hydrogen-bond acceptors (Lipinski definition) is 4. The fraction of sp³-hybridized carbons (Fsp3) is 0.438. The van der Waals surface area contributed by atoms with Crippen LogP contribution in [0.25, 0.3) is 0 Å². The number of rotatable bonds is 6. The van der Waals surface area contributed by atoms with E-state index in [0.717, 1.165) is 18.5 Å². The average molecular weight is 447 g/mol. The lowest BCUT2D eigenvalue weighted by atomic mass is 10.1. The summed E-state index contributed by atoms with van der Waals surface area (Å²) < 4.78 is 18.6. The van der Waals surface area contributed by atoms with Crippen LogP contribution in [0.4, 0.5) is 4.39 Å². The van der Waals surface area contributed by atoms with Gasteiger partial charge in [-0.05, 0) is 37.5 Å². The van der Waals surface area contributed by atoms with Crippen molar-refractivity contribution in [2.24, 2.45) is 4.99 Å². The third-order valence-electron chi connectivity index (χ3n) is 3.35. The predicted octanol–water partition coefficient (Wildman–Crippen LogP) is 2.74. The number of guanidine groups is 1. The highest BCUT2D eigenvalue weighted by Crippen LogP contribution is 2.08. The van der Waals surface area contributed by atoms with Crippen molar-refractivity contribution in [3.05, 3.63) is 46.9 Å². The number of aromatic nitrogens is 2. The van der Waals surface area contributed by atoms with Gasteiger partial charge >= 0.3 is 0 Å². The molecule has 0 unspecified atom stereocenters. The average Bonchev–Trinajstić information content (AvgIpc) is 2.95. The van der Waals surface area contributed by atoms with Crippen LogP contribution in [0.1, 0.15) is 29.3 Å². The molecular formula is C16H23FIN5O. The molecule has 0 fully saturated rings. The smallest absolute Gasteiger partial charge is 0.226 e. The van der Waals surface area contributed by atoms with Gasteiger partial charge in [0.05, 0.1) is 0 Å². The Kier molecular flexibility index (Phi) is 8.66. The van der Waals surface area contributed by atoms with Crippen LogP contribution in [-0.4, -0.2) is 29.7 Å². The minimum atomic E-state index is -0.193. The molecule has 8 heteroatoms. The molecule has 2 N–H and O–H groups in total. The van der Waals surface area contributed by atoms with E-state index in [9.17, 15) is 4.39 Å². The Morgan fingerprint density at radius 2 is 2.08 bits per heavy atom. The van der Waals surface area contributed by atoms with E-state index < -0.39 is 0 Å². The second-order valence-electron chi connectivity index (χ2n) is 5.27. The first-order valence-corrected chi connectivity index (χ1v) is 7.57. The van der Waals surface area contributed by atoms with Crippen molar-refractivity contribution >= 4 is 29.9 Å². The molecule has 1 aromatic carbocycles. The zero-order valence-corrected chi connectivity index (χ0v) is 16.4. The van der Waals surface area contributed by atoms with Crippen LogP contribution in [0, 0.1) is 19.7 Å². The van der Waals surface area contributed by atoms with Gasteiger partial charge in [0.15, 0.2) is 11.8 Å². The summed E-state index contributed by atoms with van der Waals surface area (Å²) in [5.41, 5.74) is 1.52. The van der Waals surface area contributed by atoms with E-state index in [4.69, 9.17) is 4.52 Å². The van der Waals surface area contributed by atoms with E-state index >= 15 is 0 Å². The molecule has 0 bridgehead atoms. The van der Waals surface area contributed by atoms with E-state index in [1.54, 1.807) is 27.0 Å². The Morgan fingerprint density at radius 1 is 1.29 bits per heavy atom. The van der Waals surface area contributed by atoms with Gasteiger partial charge in [0.2, 0.25) is 5.89 Å². The molecule has 2 rings (SSSR count). The maximum Gasteiger partial charge on any atom is 0.226 e. The van der Waals surface area contributed by atoms with Gasteiger partial charge in [0.25, 0.3) is 0 Å². The molecular weight excluding hydrogens is 424 g/mol. The van der Waals surface area contributed by atoms with E-state index in [1.165, 1.54) is 6.07 Å². The third kappa shape index (κ3) is 6.42. The van der Waals surface area contributed by atoms with Crippen molar-refractivity contribution in [1.82, 2.24) is 20.8 Å². The predicted molar refractivity (Wildman–Crippen MR) is 102 cm³/mol. The Labute approximate surface area is 158 Å². The summed E-state index contributed by atoms with van der Waals surface area (Å²) in [5.74, 6) is 1.77. The van der Waals surface area contributed by atoms with Crippen LogP contribution < -0.4 is 10.6 Å². The number of hydrogen-bond donors (Lipinski definition) is 2. The fourth-order valence-electron chi connectivity index (χ4n) is 2.04. The van der Waals surface area contributed by atoms with Crippen molar-refractivity contribution in [2.75, 3.05) is 13.6 Å². The van der Waals surface area contributed by atoms with Crippen molar-refractivity contribution in [3.63, 3.8) is 0 Å². The van der Waals surface area contributed by atoms with Crippen LogP contribution in [0.5, 0.6) is 0 Å². The van der Waals surface area contributed by atoms with Crippen LogP contribution in [0.15, 0.2) is 27.7 Å². The molecule has 0 amide bonds. The molecule has 1 heterocycles. The number of benzene rings is 1. The Morgan fingerprint density at radius 3 is 2.71 bits per heavy atom. The topological polar surface area (TPSA) is 75.3 Å². The zero-order chi connectivity index (χ0) is 16.7. The molecule has 0 aliphatic carbocycles. The first-order chi connectivity index (χ1) is 11.1. The van der Waals surface area contributed by atoms with Crippen LogP contribution in [0.2, 0.25) is 0 Å². The van der Waals surface area contributed by atoms with Gasteiger partial charge < -0.3 is 15.2 Å². The first-order valence-electron chi connectivity index (χ1n) is 7.57. The highest BCUT2D eigenvalue weighted by atomic mass is 127. The van der Waals surface area contributed by atoms with E-state index in [0.29, 0.717) is 36.2 Å². The summed E-state index contributed by atoms with van der Waals surface area (Å²) in [6.07, 6.45) is 1.56. The van der Waals surface area contributed by atoms with Gasteiger partial charge in [0.1, 0.15) is 5.82 Å². The Hall–Kier alpha value is -1.71. The fourth-order valence-corrected chi connectivity index (χ4v) is 2.04. The van der Waals surface area contributed by atoms with E-state index in [2.05, 4.69) is 25.8 Å². The lowest BCUT2D eigenvalue weighted by molar-refractivity contribution is 0.372. The summed E-state index contributed by atoms with van der Waals surface area (Å²) in [4.78, 5) is 8.29. The van der Waals surface area contributed by atoms with Gasteiger partial charge in [-0.1, -0.05) is 17.3 Å². The molecule has 0 aliphatic rings. The molecule has 0 aliphatic heterocycles. The van der Waals surface area contributed by atoms with Crippen molar-refractivity contribution in [2.45, 2.75) is 33.2 Å². The van der Waals surface area contributed by atoms with Crippen molar-refractivity contribution in [1.29, 1.82) is 0 Å². The lowest BCUT2D eigenvalue weighted by Crippen LogP contribution is -2.37. The monoisotopic (exact) mass is 447 g/mol. The van der Waals surface area contributed by atoms with Gasteiger partial charge in [-0.25, -0.2) is 4.39 Å². The number of aryl methyl sites for hydroxylation is 3. The number of nitrogens with zero attached hydrogens (tertiary/aromatic N) is 3. The van der Waals surface area contributed by atoms with Crippen molar-refractivity contribution in [3.8, 4) is 0 Å². The standard InChI is InChI=1S/C16H22FN5O.HI/c1-11-6-7-13(9-14(11)17)10-20-16(18-3)19-8-4-5-15-21-12(2)22-23-15;/h6-7,9H,4-5,8,10H2,1-3H3,(H2,18,19,20);1H. The molecule has 0 radical (unpaired) electrons. The van der Waals surface area contributed by atoms with E-state index in [-0.39, 0.29) is 29.8 Å². The van der Waals surface area contributed by atoms with Gasteiger partial charge in [-0.2, -0.15) is 4.98 Å². The molecule has 6 nitrogen and oxygen atoms in total. The Balaban J connectivity index is 0.00000288. The van der Waals surface area contributed by atoms with Gasteiger partial charge in [0, 0.05) is 26.6 Å². The first kappa shape index (κ1) is 20.3. The summed E-state index contributed by atoms with van der Waals surface area (Å²) in [7, 11) is 1.70. The summed E-state index contributed by atoms with van der Waals surface area (Å²) in [5, 5.41) is 10.1. The number of aliphatic imine (C=N–C) groups is 1. The normalized spacial score (nSPS) is 11.1. The molecule has 0 saturated carbocycles. The minimum absolute atomic E-state index is 0. The van der Waals surface area contributed by atoms with Crippen LogP contribution >= 0.6 is 24.0 Å². The number of halogens is 2. The quantitative estimate of drug-likeness (QED) is 0.308. The molecule has 24 heavy (non-hydrogen) atoms. The number of nitrogens with one attached hydrogen (secondary N) is 2. The van der Waals surface area contributed by atoms with Crippen molar-refractivity contribution < 1.29 is 8.91 Å². The largest absolute Gasteiger partial charge is 0.356 e. The SMILES string of the molecule is CN=C(NCCCc1nc(C)no1)NCc1ccc(C)c(F)c1.I. The zero-order valence-electron chi connectivity index (χ0n) is 14.1. The van der Waals surface area contributed by atoms with Gasteiger partial charge in [-0.15, -0.1) is 24.0 Å². The molecule has 2 aromatic rings. The summed E-state index contributed by atoms with van der Waals surface area (Å²) in [6.45, 7) is 4.78. The third-order valence-corrected chi connectivity index (χ3v) is 3.35. The maximum absolute atomic E-state index is 13.5.